The fourth-order valence-electron chi connectivity index (χ4n) is 5.88. The predicted molar refractivity (Wildman–Crippen MR) is 113 cm³/mol. The first-order valence-corrected chi connectivity index (χ1v) is 10.5. The number of nitrogens with zero attached hydrogens (tertiary/aromatic N) is 2. The molecule has 1 aromatic carbocycles. The number of fused-ring (bicyclic) bond motifs is 3. The lowest BCUT2D eigenvalue weighted by atomic mass is 9.50. The van der Waals surface area contributed by atoms with E-state index in [2.05, 4.69) is 55.9 Å². The van der Waals surface area contributed by atoms with Crippen molar-refractivity contribution in [3.63, 3.8) is 0 Å². The first kappa shape index (κ1) is 18.5. The molecule has 1 N–H and O–H groups in total. The summed E-state index contributed by atoms with van der Waals surface area (Å²) in [6.45, 7) is 10.5. The second kappa shape index (κ2) is 6.92. The Morgan fingerprint density at radius 1 is 1.30 bits per heavy atom. The first-order chi connectivity index (χ1) is 12.9. The van der Waals surface area contributed by atoms with Gasteiger partial charge in [0, 0.05) is 12.8 Å². The van der Waals surface area contributed by atoms with E-state index < -0.39 is 0 Å². The van der Waals surface area contributed by atoms with Crippen LogP contribution in [-0.2, 0) is 11.8 Å². The van der Waals surface area contributed by atoms with Crippen molar-refractivity contribution in [1.82, 2.24) is 9.97 Å². The maximum atomic E-state index is 4.83. The summed E-state index contributed by atoms with van der Waals surface area (Å²) in [5, 5.41) is 0. The Bertz CT molecular complexity index is 820. The van der Waals surface area contributed by atoms with Gasteiger partial charge in [-0.15, -0.1) is 0 Å². The quantitative estimate of drug-likeness (QED) is 0.699. The number of rotatable bonds is 4. The van der Waals surface area contributed by atoms with Crippen LogP contribution in [0.25, 0.3) is 0 Å². The summed E-state index contributed by atoms with van der Waals surface area (Å²) >= 11 is 0. The molecule has 2 aliphatic carbocycles. The lowest BCUT2D eigenvalue weighted by Gasteiger charge is -2.55. The minimum absolute atomic E-state index is 0.276. The molecule has 27 heavy (non-hydrogen) atoms. The SMILES string of the molecule is CC(C)c1ccc2c(c1)CC[C@H]1[C@](C)(CN=Cc3cnc[nH]3)CCC[C@]21C. The maximum Gasteiger partial charge on any atom is 0.0924 e. The Morgan fingerprint density at radius 3 is 2.89 bits per heavy atom. The molecular formula is C24H33N3. The minimum atomic E-state index is 0.276. The summed E-state index contributed by atoms with van der Waals surface area (Å²) in [4.78, 5) is 12.0. The summed E-state index contributed by atoms with van der Waals surface area (Å²) in [5.41, 5.74) is 6.26. The molecule has 3 atom stereocenters. The molecule has 0 radical (unpaired) electrons. The van der Waals surface area contributed by atoms with Gasteiger partial charge < -0.3 is 4.98 Å². The van der Waals surface area contributed by atoms with Crippen molar-refractivity contribution < 1.29 is 0 Å². The predicted octanol–water partition coefficient (Wildman–Crippen LogP) is 5.66. The fraction of sp³-hybridized carbons (Fsp3) is 0.583. The van der Waals surface area contributed by atoms with E-state index in [1.165, 1.54) is 37.7 Å². The highest BCUT2D eigenvalue weighted by molar-refractivity contribution is 5.76. The zero-order valence-corrected chi connectivity index (χ0v) is 17.3. The van der Waals surface area contributed by atoms with Gasteiger partial charge in [0.25, 0.3) is 0 Å². The van der Waals surface area contributed by atoms with Crippen LogP contribution in [-0.4, -0.2) is 22.7 Å². The summed E-state index contributed by atoms with van der Waals surface area (Å²) in [6, 6.07) is 7.32. The zero-order chi connectivity index (χ0) is 19.1. The molecule has 0 unspecified atom stereocenters. The molecule has 0 aliphatic heterocycles. The molecule has 0 spiro atoms. The molecule has 144 valence electrons. The number of benzene rings is 1. The van der Waals surface area contributed by atoms with Crippen LogP contribution >= 0.6 is 0 Å². The molecule has 1 fully saturated rings. The van der Waals surface area contributed by atoms with Gasteiger partial charge in [-0.1, -0.05) is 52.3 Å². The number of imidazole rings is 1. The monoisotopic (exact) mass is 363 g/mol. The second-order valence-corrected chi connectivity index (χ2v) is 9.56. The molecule has 4 rings (SSSR count). The van der Waals surface area contributed by atoms with Gasteiger partial charge in [-0.2, -0.15) is 0 Å². The Hall–Kier alpha value is -1.90. The molecule has 0 amide bonds. The van der Waals surface area contributed by atoms with E-state index in [0.717, 1.165) is 12.2 Å². The third kappa shape index (κ3) is 3.26. The van der Waals surface area contributed by atoms with Gasteiger partial charge in [-0.3, -0.25) is 4.99 Å². The molecule has 0 saturated heterocycles. The highest BCUT2D eigenvalue weighted by Gasteiger charge is 2.51. The van der Waals surface area contributed by atoms with Crippen LogP contribution in [0, 0.1) is 11.3 Å². The number of aromatic nitrogens is 2. The van der Waals surface area contributed by atoms with E-state index in [0.29, 0.717) is 17.3 Å². The largest absolute Gasteiger partial charge is 0.344 e. The first-order valence-electron chi connectivity index (χ1n) is 10.5. The molecule has 1 aromatic heterocycles. The Morgan fingerprint density at radius 2 is 2.15 bits per heavy atom. The van der Waals surface area contributed by atoms with Gasteiger partial charge in [0.05, 0.1) is 18.2 Å². The average molecular weight is 364 g/mol. The van der Waals surface area contributed by atoms with Gasteiger partial charge in [-0.05, 0) is 65.0 Å². The average Bonchev–Trinajstić information content (AvgIpc) is 3.14. The fourth-order valence-corrected chi connectivity index (χ4v) is 5.88. The number of hydrogen-bond acceptors (Lipinski definition) is 2. The highest BCUT2D eigenvalue weighted by Crippen LogP contribution is 2.57. The Labute approximate surface area is 163 Å². The maximum absolute atomic E-state index is 4.83. The molecule has 1 heterocycles. The molecular weight excluding hydrogens is 330 g/mol. The van der Waals surface area contributed by atoms with E-state index in [1.807, 2.05) is 12.4 Å². The van der Waals surface area contributed by atoms with Gasteiger partial charge in [-0.25, -0.2) is 4.98 Å². The topological polar surface area (TPSA) is 41.0 Å². The van der Waals surface area contributed by atoms with Gasteiger partial charge in [0.1, 0.15) is 0 Å². The summed E-state index contributed by atoms with van der Waals surface area (Å²) in [5.74, 6) is 1.31. The third-order valence-electron chi connectivity index (χ3n) is 7.37. The number of nitrogens with one attached hydrogen (secondary N) is 1. The summed E-state index contributed by atoms with van der Waals surface area (Å²) in [7, 11) is 0. The van der Waals surface area contributed by atoms with E-state index in [4.69, 9.17) is 4.99 Å². The van der Waals surface area contributed by atoms with E-state index in [1.54, 1.807) is 17.5 Å². The van der Waals surface area contributed by atoms with Crippen molar-refractivity contribution in [1.29, 1.82) is 0 Å². The van der Waals surface area contributed by atoms with Crippen LogP contribution in [0.5, 0.6) is 0 Å². The molecule has 3 heteroatoms. The van der Waals surface area contributed by atoms with Crippen molar-refractivity contribution in [2.45, 2.75) is 71.1 Å². The number of H-pyrrole nitrogens is 1. The zero-order valence-electron chi connectivity index (χ0n) is 17.3. The second-order valence-electron chi connectivity index (χ2n) is 9.56. The van der Waals surface area contributed by atoms with Crippen LogP contribution in [0.1, 0.15) is 81.7 Å². The van der Waals surface area contributed by atoms with Crippen molar-refractivity contribution in [2.75, 3.05) is 6.54 Å². The summed E-state index contributed by atoms with van der Waals surface area (Å²) in [6.07, 6.45) is 11.9. The van der Waals surface area contributed by atoms with Gasteiger partial charge in [0.2, 0.25) is 0 Å². The summed E-state index contributed by atoms with van der Waals surface area (Å²) < 4.78 is 0. The van der Waals surface area contributed by atoms with E-state index in [9.17, 15) is 0 Å². The van der Waals surface area contributed by atoms with Crippen molar-refractivity contribution >= 4 is 6.21 Å². The van der Waals surface area contributed by atoms with Crippen LogP contribution in [0.2, 0.25) is 0 Å². The van der Waals surface area contributed by atoms with Gasteiger partial charge in [0.15, 0.2) is 0 Å². The molecule has 0 bridgehead atoms. The lowest BCUT2D eigenvalue weighted by molar-refractivity contribution is 0.0332. The molecule has 1 saturated carbocycles. The molecule has 2 aliphatic rings. The number of hydrogen-bond donors (Lipinski definition) is 1. The third-order valence-corrected chi connectivity index (χ3v) is 7.37. The minimum Gasteiger partial charge on any atom is -0.344 e. The van der Waals surface area contributed by atoms with Crippen LogP contribution in [0.4, 0.5) is 0 Å². The van der Waals surface area contributed by atoms with Crippen molar-refractivity contribution in [3.05, 3.63) is 53.1 Å². The number of aryl methyl sites for hydroxylation is 1. The van der Waals surface area contributed by atoms with E-state index in [-0.39, 0.29) is 5.41 Å². The normalized spacial score (nSPS) is 30.5. The lowest BCUT2D eigenvalue weighted by Crippen LogP contribution is -2.50. The number of aliphatic imine (C=N–C) groups is 1. The van der Waals surface area contributed by atoms with Gasteiger partial charge >= 0.3 is 0 Å². The molecule has 3 nitrogen and oxygen atoms in total. The van der Waals surface area contributed by atoms with E-state index >= 15 is 0 Å². The Kier molecular flexibility index (Phi) is 4.73. The highest BCUT2D eigenvalue weighted by atomic mass is 14.9. The van der Waals surface area contributed by atoms with Crippen molar-refractivity contribution in [2.24, 2.45) is 16.3 Å². The van der Waals surface area contributed by atoms with Crippen LogP contribution < -0.4 is 0 Å². The van der Waals surface area contributed by atoms with Crippen molar-refractivity contribution in [3.8, 4) is 0 Å². The van der Waals surface area contributed by atoms with Crippen LogP contribution in [0.3, 0.4) is 0 Å². The molecule has 2 aromatic rings. The smallest absolute Gasteiger partial charge is 0.0924 e. The standard InChI is InChI=1S/C24H33N3/c1-17(2)18-6-8-21-19(12-18)7-9-22-23(3,10-5-11-24(21,22)4)15-25-13-20-14-26-16-27-20/h6,8,12-14,16-17,22H,5,7,9-11,15H2,1-4H3,(H,26,27)/t22-,23-,24+/m0/s1. The number of aromatic amines is 1. The van der Waals surface area contributed by atoms with Crippen LogP contribution in [0.15, 0.2) is 35.7 Å². The Balaban J connectivity index is 1.62.